The van der Waals surface area contributed by atoms with Crippen LogP contribution in [0.1, 0.15) is 18.5 Å². The molecule has 0 saturated carbocycles. The third-order valence-corrected chi connectivity index (χ3v) is 4.56. The summed E-state index contributed by atoms with van der Waals surface area (Å²) in [5, 5.41) is 18.9. The first kappa shape index (κ1) is 18.3. The summed E-state index contributed by atoms with van der Waals surface area (Å²) in [5.74, 6) is 0.599. The number of amides is 3. The van der Waals surface area contributed by atoms with E-state index in [0.717, 1.165) is 0 Å². The van der Waals surface area contributed by atoms with Gasteiger partial charge in [-0.15, -0.1) is 0 Å². The molecule has 4 rings (SSSR count). The average molecular weight is 396 g/mol. The van der Waals surface area contributed by atoms with Gasteiger partial charge in [-0.25, -0.2) is 4.79 Å². The van der Waals surface area contributed by atoms with Gasteiger partial charge < -0.3 is 25.4 Å². The Morgan fingerprint density at radius 3 is 2.79 bits per heavy atom. The number of ether oxygens (including phenoxy) is 2. The van der Waals surface area contributed by atoms with Crippen LogP contribution >= 0.6 is 0 Å². The highest BCUT2D eigenvalue weighted by Gasteiger charge is 2.32. The summed E-state index contributed by atoms with van der Waals surface area (Å²) >= 11 is 0. The van der Waals surface area contributed by atoms with Gasteiger partial charge in [-0.3, -0.25) is 14.9 Å². The van der Waals surface area contributed by atoms with Gasteiger partial charge in [0.05, 0.1) is 16.5 Å². The molecule has 10 nitrogen and oxygen atoms in total. The normalized spacial score (nSPS) is 17.4. The fraction of sp³-hybridized carbons (Fsp3) is 0.158. The van der Waals surface area contributed by atoms with Crippen LogP contribution in [0.15, 0.2) is 53.7 Å². The second-order valence-corrected chi connectivity index (χ2v) is 6.44. The number of carbonyl (C=O) groups is 2. The lowest BCUT2D eigenvalue weighted by Crippen LogP contribution is -2.45. The molecule has 2 aliphatic heterocycles. The van der Waals surface area contributed by atoms with Crippen LogP contribution in [0.2, 0.25) is 0 Å². The maximum atomic E-state index is 13.0. The SMILES string of the molecule is CC1=C(C(=O)Nc2cccc([N+](=O)[O-])c2)[C@@H](c2ccc3c(c2)OCO3)NC(=O)N1. The van der Waals surface area contributed by atoms with E-state index in [-0.39, 0.29) is 23.7 Å². The molecular weight excluding hydrogens is 380 g/mol. The lowest BCUT2D eigenvalue weighted by molar-refractivity contribution is -0.384. The number of benzene rings is 2. The van der Waals surface area contributed by atoms with Crippen molar-refractivity contribution in [3.05, 3.63) is 69.4 Å². The molecule has 0 unspecified atom stereocenters. The zero-order valence-corrected chi connectivity index (χ0v) is 15.2. The van der Waals surface area contributed by atoms with Crippen LogP contribution in [0.5, 0.6) is 11.5 Å². The highest BCUT2D eigenvalue weighted by atomic mass is 16.7. The smallest absolute Gasteiger partial charge is 0.319 e. The number of hydrogen-bond donors (Lipinski definition) is 3. The number of fused-ring (bicyclic) bond motifs is 1. The summed E-state index contributed by atoms with van der Waals surface area (Å²) in [6.45, 7) is 1.72. The van der Waals surface area contributed by atoms with Crippen molar-refractivity contribution < 1.29 is 24.0 Å². The number of nitrogens with one attached hydrogen (secondary N) is 3. The van der Waals surface area contributed by atoms with Gasteiger partial charge in [-0.1, -0.05) is 12.1 Å². The lowest BCUT2D eigenvalue weighted by Gasteiger charge is -2.28. The number of nitro benzene ring substituents is 1. The van der Waals surface area contributed by atoms with Gasteiger partial charge in [-0.2, -0.15) is 0 Å². The second-order valence-electron chi connectivity index (χ2n) is 6.44. The van der Waals surface area contributed by atoms with Gasteiger partial charge in [-0.05, 0) is 30.7 Å². The van der Waals surface area contributed by atoms with Crippen LogP contribution in [-0.4, -0.2) is 23.7 Å². The van der Waals surface area contributed by atoms with Crippen molar-refractivity contribution in [1.29, 1.82) is 0 Å². The maximum absolute atomic E-state index is 13.0. The standard InChI is InChI=1S/C19H16N4O6/c1-10-16(18(24)21-12-3-2-4-13(8-12)23(26)27)17(22-19(25)20-10)11-5-6-14-15(7-11)29-9-28-14/h2-8,17H,9H2,1H3,(H,21,24)(H2,20,22,25)/t17-/m1/s1. The zero-order chi connectivity index (χ0) is 20.5. The summed E-state index contributed by atoms with van der Waals surface area (Å²) in [6, 6.07) is 9.57. The minimum absolute atomic E-state index is 0.104. The Morgan fingerprint density at radius 2 is 2.00 bits per heavy atom. The Labute approximate surface area is 164 Å². The molecule has 0 aliphatic carbocycles. The van der Waals surface area contributed by atoms with E-state index in [0.29, 0.717) is 22.8 Å². The van der Waals surface area contributed by atoms with Crippen molar-refractivity contribution in [1.82, 2.24) is 10.6 Å². The van der Waals surface area contributed by atoms with Gasteiger partial charge in [0.15, 0.2) is 11.5 Å². The van der Waals surface area contributed by atoms with Gasteiger partial charge in [0.2, 0.25) is 6.79 Å². The number of urea groups is 1. The highest BCUT2D eigenvalue weighted by Crippen LogP contribution is 2.37. The molecule has 0 spiro atoms. The van der Waals surface area contributed by atoms with Crippen molar-refractivity contribution in [3.8, 4) is 11.5 Å². The summed E-state index contributed by atoms with van der Waals surface area (Å²) in [7, 11) is 0. The Hall–Kier alpha value is -4.08. The molecule has 0 bridgehead atoms. The summed E-state index contributed by atoms with van der Waals surface area (Å²) in [4.78, 5) is 35.4. The fourth-order valence-electron chi connectivity index (χ4n) is 3.23. The molecule has 2 aliphatic rings. The molecule has 2 aromatic carbocycles. The fourth-order valence-corrected chi connectivity index (χ4v) is 3.23. The molecule has 10 heteroatoms. The predicted molar refractivity (Wildman–Crippen MR) is 101 cm³/mol. The quantitative estimate of drug-likeness (QED) is 0.538. The van der Waals surface area contributed by atoms with Gasteiger partial charge in [0.25, 0.3) is 11.6 Å². The van der Waals surface area contributed by atoms with Crippen molar-refractivity contribution >= 4 is 23.3 Å². The third kappa shape index (κ3) is 3.55. The Kier molecular flexibility index (Phi) is 4.51. The van der Waals surface area contributed by atoms with Crippen LogP contribution < -0.4 is 25.4 Å². The van der Waals surface area contributed by atoms with Crippen molar-refractivity contribution in [2.75, 3.05) is 12.1 Å². The lowest BCUT2D eigenvalue weighted by atomic mass is 9.94. The minimum Gasteiger partial charge on any atom is -0.454 e. The Balaban J connectivity index is 1.66. The molecule has 0 aromatic heterocycles. The second kappa shape index (κ2) is 7.15. The predicted octanol–water partition coefficient (Wildman–Crippen LogP) is 2.59. The van der Waals surface area contributed by atoms with E-state index in [1.54, 1.807) is 31.2 Å². The number of nitro groups is 1. The molecule has 29 heavy (non-hydrogen) atoms. The number of hydrogen-bond acceptors (Lipinski definition) is 6. The number of allylic oxidation sites excluding steroid dienone is 1. The summed E-state index contributed by atoms with van der Waals surface area (Å²) < 4.78 is 10.7. The Bertz CT molecular complexity index is 1060. The molecule has 2 heterocycles. The molecule has 148 valence electrons. The molecule has 0 radical (unpaired) electrons. The number of carbonyl (C=O) groups excluding carboxylic acids is 2. The molecule has 1 atom stereocenters. The van der Waals surface area contributed by atoms with E-state index >= 15 is 0 Å². The van der Waals surface area contributed by atoms with Gasteiger partial charge >= 0.3 is 6.03 Å². The number of nitrogens with zero attached hydrogens (tertiary/aromatic N) is 1. The first-order valence-electron chi connectivity index (χ1n) is 8.66. The maximum Gasteiger partial charge on any atom is 0.319 e. The Morgan fingerprint density at radius 1 is 1.21 bits per heavy atom. The van der Waals surface area contributed by atoms with Gasteiger partial charge in [0.1, 0.15) is 0 Å². The molecule has 0 saturated heterocycles. The molecule has 3 N–H and O–H groups in total. The summed E-state index contributed by atoms with van der Waals surface area (Å²) in [5.41, 5.74) is 1.41. The summed E-state index contributed by atoms with van der Waals surface area (Å²) in [6.07, 6.45) is 0. The molecule has 0 fully saturated rings. The van der Waals surface area contributed by atoms with Crippen LogP contribution in [-0.2, 0) is 4.79 Å². The van der Waals surface area contributed by atoms with E-state index in [9.17, 15) is 19.7 Å². The first-order chi connectivity index (χ1) is 13.9. The van der Waals surface area contributed by atoms with Crippen LogP contribution in [0.3, 0.4) is 0 Å². The number of non-ortho nitro benzene ring substituents is 1. The van der Waals surface area contributed by atoms with Crippen LogP contribution in [0, 0.1) is 10.1 Å². The molecule has 2 aromatic rings. The van der Waals surface area contributed by atoms with Crippen LogP contribution in [0.4, 0.5) is 16.2 Å². The van der Waals surface area contributed by atoms with Crippen molar-refractivity contribution in [2.45, 2.75) is 13.0 Å². The van der Waals surface area contributed by atoms with E-state index < -0.39 is 22.9 Å². The van der Waals surface area contributed by atoms with Crippen molar-refractivity contribution in [2.24, 2.45) is 0 Å². The largest absolute Gasteiger partial charge is 0.454 e. The monoisotopic (exact) mass is 396 g/mol. The molecule has 3 amide bonds. The first-order valence-corrected chi connectivity index (χ1v) is 8.66. The average Bonchev–Trinajstić information content (AvgIpc) is 3.15. The van der Waals surface area contributed by atoms with E-state index in [2.05, 4.69) is 16.0 Å². The molecular formula is C19H16N4O6. The third-order valence-electron chi connectivity index (χ3n) is 4.56. The van der Waals surface area contributed by atoms with Gasteiger partial charge in [0, 0.05) is 23.5 Å². The number of rotatable bonds is 4. The van der Waals surface area contributed by atoms with E-state index in [1.165, 1.54) is 18.2 Å². The van der Waals surface area contributed by atoms with E-state index in [4.69, 9.17) is 9.47 Å². The minimum atomic E-state index is -0.739. The van der Waals surface area contributed by atoms with Crippen LogP contribution in [0.25, 0.3) is 0 Å². The zero-order valence-electron chi connectivity index (χ0n) is 15.2. The van der Waals surface area contributed by atoms with E-state index in [1.807, 2.05) is 0 Å². The topological polar surface area (TPSA) is 132 Å². The number of anilines is 1. The highest BCUT2D eigenvalue weighted by molar-refractivity contribution is 6.06. The van der Waals surface area contributed by atoms with Crippen molar-refractivity contribution in [3.63, 3.8) is 0 Å².